The lowest BCUT2D eigenvalue weighted by Gasteiger charge is -2.12. The van der Waals surface area contributed by atoms with E-state index in [1.807, 2.05) is 0 Å². The fourth-order valence-electron chi connectivity index (χ4n) is 0.936. The number of halogens is 2. The van der Waals surface area contributed by atoms with Crippen LogP contribution in [0.25, 0.3) is 0 Å². The molecular formula is C8H9Br2NO2. The smallest absolute Gasteiger partial charge is 0.177 e. The van der Waals surface area contributed by atoms with Crippen LogP contribution < -0.4 is 15.2 Å². The highest BCUT2D eigenvalue weighted by atomic mass is 79.9. The molecule has 0 bridgehead atoms. The first-order valence-electron chi connectivity index (χ1n) is 3.47. The first-order valence-corrected chi connectivity index (χ1v) is 5.05. The minimum atomic E-state index is 0.595. The van der Waals surface area contributed by atoms with E-state index in [4.69, 9.17) is 15.2 Å². The number of methoxy groups -OCH3 is 2. The second-order valence-electron chi connectivity index (χ2n) is 2.32. The minimum Gasteiger partial charge on any atom is -0.493 e. The summed E-state index contributed by atoms with van der Waals surface area (Å²) in [6, 6.07) is 1.76. The van der Waals surface area contributed by atoms with Crippen LogP contribution in [-0.4, -0.2) is 14.2 Å². The summed E-state index contributed by atoms with van der Waals surface area (Å²) < 4.78 is 11.7. The van der Waals surface area contributed by atoms with Crippen LogP contribution in [0.1, 0.15) is 0 Å². The van der Waals surface area contributed by atoms with Gasteiger partial charge in [-0.15, -0.1) is 0 Å². The molecule has 0 amide bonds. The van der Waals surface area contributed by atoms with Crippen molar-refractivity contribution in [2.75, 3.05) is 20.0 Å². The number of benzene rings is 1. The molecule has 1 aromatic carbocycles. The van der Waals surface area contributed by atoms with E-state index in [0.717, 1.165) is 4.47 Å². The van der Waals surface area contributed by atoms with E-state index in [9.17, 15) is 0 Å². The number of hydrogen-bond acceptors (Lipinski definition) is 3. The molecule has 0 radical (unpaired) electrons. The number of nitrogen functional groups attached to an aromatic ring is 1. The zero-order chi connectivity index (χ0) is 10.0. The second kappa shape index (κ2) is 4.19. The molecule has 0 atom stereocenters. The molecule has 0 aliphatic rings. The molecule has 0 heterocycles. The van der Waals surface area contributed by atoms with Crippen molar-refractivity contribution >= 4 is 37.5 Å². The average molecular weight is 311 g/mol. The zero-order valence-corrected chi connectivity index (χ0v) is 10.4. The molecule has 0 aromatic heterocycles. The highest BCUT2D eigenvalue weighted by Gasteiger charge is 2.13. The van der Waals surface area contributed by atoms with Crippen LogP contribution >= 0.6 is 31.9 Å². The van der Waals surface area contributed by atoms with Gasteiger partial charge in [0.25, 0.3) is 0 Å². The number of hydrogen-bond donors (Lipinski definition) is 1. The van der Waals surface area contributed by atoms with E-state index >= 15 is 0 Å². The fourth-order valence-corrected chi connectivity index (χ4v) is 2.18. The third kappa shape index (κ3) is 1.91. The summed E-state index contributed by atoms with van der Waals surface area (Å²) in [6.45, 7) is 0. The quantitative estimate of drug-likeness (QED) is 0.854. The van der Waals surface area contributed by atoms with E-state index in [-0.39, 0.29) is 0 Å². The molecule has 2 N–H and O–H groups in total. The molecule has 0 spiro atoms. The Bertz CT molecular complexity index is 328. The summed E-state index contributed by atoms with van der Waals surface area (Å²) in [6.07, 6.45) is 0. The van der Waals surface area contributed by atoms with Crippen LogP contribution in [0.2, 0.25) is 0 Å². The Morgan fingerprint density at radius 2 is 1.85 bits per heavy atom. The molecule has 3 nitrogen and oxygen atoms in total. The molecule has 1 rings (SSSR count). The molecule has 13 heavy (non-hydrogen) atoms. The number of anilines is 1. The lowest BCUT2D eigenvalue weighted by atomic mass is 10.3. The summed E-state index contributed by atoms with van der Waals surface area (Å²) in [4.78, 5) is 0. The molecule has 0 saturated heterocycles. The highest BCUT2D eigenvalue weighted by molar-refractivity contribution is 9.11. The van der Waals surface area contributed by atoms with Crippen molar-refractivity contribution in [1.82, 2.24) is 0 Å². The van der Waals surface area contributed by atoms with Gasteiger partial charge < -0.3 is 15.2 Å². The monoisotopic (exact) mass is 309 g/mol. The van der Waals surface area contributed by atoms with Gasteiger partial charge in [-0.1, -0.05) is 0 Å². The predicted molar refractivity (Wildman–Crippen MR) is 59.4 cm³/mol. The van der Waals surface area contributed by atoms with Gasteiger partial charge in [-0.2, -0.15) is 0 Å². The normalized spacial score (nSPS) is 9.85. The Hall–Kier alpha value is -0.420. The molecule has 72 valence electrons. The molecule has 0 aliphatic carbocycles. The Labute approximate surface area is 93.5 Å². The van der Waals surface area contributed by atoms with Crippen molar-refractivity contribution in [2.45, 2.75) is 0 Å². The van der Waals surface area contributed by atoms with Crippen LogP contribution in [0, 0.1) is 0 Å². The molecule has 0 fully saturated rings. The number of nitrogens with two attached hydrogens (primary N) is 1. The van der Waals surface area contributed by atoms with Crippen LogP contribution in [0.5, 0.6) is 11.5 Å². The van der Waals surface area contributed by atoms with Gasteiger partial charge in [-0.05, 0) is 31.9 Å². The lowest BCUT2D eigenvalue weighted by molar-refractivity contribution is 0.353. The summed E-state index contributed by atoms with van der Waals surface area (Å²) in [5, 5.41) is 0. The van der Waals surface area contributed by atoms with Gasteiger partial charge in [0.2, 0.25) is 0 Å². The Balaban J connectivity index is 3.39. The summed E-state index contributed by atoms with van der Waals surface area (Å²) >= 11 is 6.63. The molecule has 0 unspecified atom stereocenters. The molecule has 5 heteroatoms. The molecule has 0 aliphatic heterocycles. The number of rotatable bonds is 2. The fraction of sp³-hybridized carbons (Fsp3) is 0.250. The highest BCUT2D eigenvalue weighted by Crippen LogP contribution is 2.43. The molecule has 1 aromatic rings. The summed E-state index contributed by atoms with van der Waals surface area (Å²) in [5.41, 5.74) is 6.35. The van der Waals surface area contributed by atoms with E-state index in [2.05, 4.69) is 31.9 Å². The standard InChI is InChI=1S/C8H9Br2NO2/c1-12-5-3-4(9)7(11)6(10)8(5)13-2/h3H,11H2,1-2H3. The van der Waals surface area contributed by atoms with Crippen LogP contribution in [0.4, 0.5) is 5.69 Å². The van der Waals surface area contributed by atoms with Gasteiger partial charge in [-0.25, -0.2) is 0 Å². The van der Waals surface area contributed by atoms with Gasteiger partial charge in [0, 0.05) is 10.5 Å². The van der Waals surface area contributed by atoms with Gasteiger partial charge >= 0.3 is 0 Å². The van der Waals surface area contributed by atoms with Gasteiger partial charge in [-0.3, -0.25) is 0 Å². The first kappa shape index (κ1) is 10.7. The largest absolute Gasteiger partial charge is 0.493 e. The van der Waals surface area contributed by atoms with Crippen molar-refractivity contribution in [1.29, 1.82) is 0 Å². The minimum absolute atomic E-state index is 0.595. The average Bonchev–Trinajstić information content (AvgIpc) is 2.13. The second-order valence-corrected chi connectivity index (χ2v) is 3.97. The number of ether oxygens (including phenoxy) is 2. The SMILES string of the molecule is COc1cc(Br)c(N)c(Br)c1OC. The zero-order valence-electron chi connectivity index (χ0n) is 7.23. The maximum absolute atomic E-state index is 5.75. The van der Waals surface area contributed by atoms with Crippen molar-refractivity contribution in [3.8, 4) is 11.5 Å². The summed E-state index contributed by atoms with van der Waals surface area (Å²) in [7, 11) is 3.14. The van der Waals surface area contributed by atoms with Crippen molar-refractivity contribution < 1.29 is 9.47 Å². The van der Waals surface area contributed by atoms with Crippen LogP contribution in [0.3, 0.4) is 0 Å². The summed E-state index contributed by atoms with van der Waals surface area (Å²) in [5.74, 6) is 1.23. The van der Waals surface area contributed by atoms with Crippen LogP contribution in [0.15, 0.2) is 15.0 Å². The van der Waals surface area contributed by atoms with Gasteiger partial charge in [0.05, 0.1) is 24.4 Å². The Morgan fingerprint density at radius 3 is 2.31 bits per heavy atom. The molecular weight excluding hydrogens is 302 g/mol. The Kier molecular flexibility index (Phi) is 3.44. The van der Waals surface area contributed by atoms with Gasteiger partial charge in [0.15, 0.2) is 11.5 Å². The van der Waals surface area contributed by atoms with E-state index in [1.54, 1.807) is 20.3 Å². The van der Waals surface area contributed by atoms with E-state index in [1.165, 1.54) is 0 Å². The van der Waals surface area contributed by atoms with Gasteiger partial charge in [0.1, 0.15) is 0 Å². The van der Waals surface area contributed by atoms with E-state index in [0.29, 0.717) is 21.7 Å². The third-order valence-electron chi connectivity index (χ3n) is 1.60. The van der Waals surface area contributed by atoms with Crippen molar-refractivity contribution in [2.24, 2.45) is 0 Å². The third-order valence-corrected chi connectivity index (χ3v) is 3.04. The van der Waals surface area contributed by atoms with Crippen LogP contribution in [-0.2, 0) is 0 Å². The van der Waals surface area contributed by atoms with E-state index < -0.39 is 0 Å². The van der Waals surface area contributed by atoms with Crippen molar-refractivity contribution in [3.05, 3.63) is 15.0 Å². The maximum atomic E-state index is 5.75. The maximum Gasteiger partial charge on any atom is 0.177 e. The Morgan fingerprint density at radius 1 is 1.23 bits per heavy atom. The lowest BCUT2D eigenvalue weighted by Crippen LogP contribution is -1.96. The predicted octanol–water partition coefficient (Wildman–Crippen LogP) is 2.81. The first-order chi connectivity index (χ1) is 6.11. The topological polar surface area (TPSA) is 44.5 Å². The molecule has 0 saturated carbocycles. The van der Waals surface area contributed by atoms with Crippen molar-refractivity contribution in [3.63, 3.8) is 0 Å².